The van der Waals surface area contributed by atoms with Gasteiger partial charge in [-0.2, -0.15) is 0 Å². The monoisotopic (exact) mass is 528 g/mol. The molecule has 1 aliphatic rings. The SMILES string of the molecule is CC(C)(C)[C@H](c1nc(-c2cccc(F)c2)cn1Cc1cccc(F)c1)N(C[C@@H](F)CN)C(=O)[C@@H]1CCCO1. The molecular weight excluding hydrogens is 493 g/mol. The summed E-state index contributed by atoms with van der Waals surface area (Å²) in [7, 11) is 0. The number of nitrogens with zero attached hydrogens (tertiary/aromatic N) is 3. The van der Waals surface area contributed by atoms with Crippen LogP contribution < -0.4 is 5.73 Å². The first kappa shape index (κ1) is 27.9. The third-order valence-corrected chi connectivity index (χ3v) is 6.69. The van der Waals surface area contributed by atoms with Crippen molar-refractivity contribution in [3.05, 3.63) is 77.8 Å². The Morgan fingerprint density at radius 3 is 2.50 bits per heavy atom. The van der Waals surface area contributed by atoms with Crippen LogP contribution in [0.25, 0.3) is 11.3 Å². The maximum Gasteiger partial charge on any atom is 0.252 e. The minimum Gasteiger partial charge on any atom is -0.368 e. The Morgan fingerprint density at radius 1 is 1.18 bits per heavy atom. The maximum absolute atomic E-state index is 14.8. The number of amides is 1. The van der Waals surface area contributed by atoms with E-state index in [9.17, 15) is 18.0 Å². The van der Waals surface area contributed by atoms with Crippen LogP contribution in [0.2, 0.25) is 0 Å². The van der Waals surface area contributed by atoms with Gasteiger partial charge in [0.2, 0.25) is 0 Å². The van der Waals surface area contributed by atoms with Crippen molar-refractivity contribution < 1.29 is 22.7 Å². The van der Waals surface area contributed by atoms with E-state index < -0.39 is 29.5 Å². The molecule has 2 aromatic carbocycles. The lowest BCUT2D eigenvalue weighted by atomic mass is 9.84. The predicted molar refractivity (Wildman–Crippen MR) is 140 cm³/mol. The molecule has 2 heterocycles. The van der Waals surface area contributed by atoms with Gasteiger partial charge in [0, 0.05) is 31.5 Å². The van der Waals surface area contributed by atoms with Crippen LogP contribution in [0.1, 0.15) is 51.0 Å². The molecule has 1 fully saturated rings. The number of carbonyl (C=O) groups is 1. The second-order valence-electron chi connectivity index (χ2n) is 10.8. The third-order valence-electron chi connectivity index (χ3n) is 6.69. The molecule has 1 aliphatic heterocycles. The summed E-state index contributed by atoms with van der Waals surface area (Å²) in [4.78, 5) is 20.1. The summed E-state index contributed by atoms with van der Waals surface area (Å²) >= 11 is 0. The molecule has 204 valence electrons. The zero-order chi connectivity index (χ0) is 27.4. The lowest BCUT2D eigenvalue weighted by Crippen LogP contribution is -2.49. The van der Waals surface area contributed by atoms with Gasteiger partial charge < -0.3 is 19.9 Å². The summed E-state index contributed by atoms with van der Waals surface area (Å²) < 4.78 is 50.5. The number of imidazole rings is 1. The van der Waals surface area contributed by atoms with Gasteiger partial charge in [0.05, 0.1) is 18.3 Å². The highest BCUT2D eigenvalue weighted by atomic mass is 19.1. The van der Waals surface area contributed by atoms with Crippen LogP contribution in [-0.2, 0) is 16.1 Å². The van der Waals surface area contributed by atoms with Crippen LogP contribution >= 0.6 is 0 Å². The van der Waals surface area contributed by atoms with Gasteiger partial charge in [-0.3, -0.25) is 4.79 Å². The molecule has 0 radical (unpaired) electrons. The molecule has 2 N–H and O–H groups in total. The summed E-state index contributed by atoms with van der Waals surface area (Å²) in [6, 6.07) is 11.6. The Morgan fingerprint density at radius 2 is 1.89 bits per heavy atom. The molecule has 0 unspecified atom stereocenters. The molecule has 1 amide bonds. The molecule has 0 saturated carbocycles. The number of hydrogen-bond donors (Lipinski definition) is 1. The molecule has 4 rings (SSSR count). The largest absolute Gasteiger partial charge is 0.368 e. The zero-order valence-corrected chi connectivity index (χ0v) is 22.0. The van der Waals surface area contributed by atoms with Crippen LogP contribution in [0.4, 0.5) is 13.2 Å². The first-order valence-electron chi connectivity index (χ1n) is 12.9. The summed E-state index contributed by atoms with van der Waals surface area (Å²) in [6.07, 6.45) is 0.952. The summed E-state index contributed by atoms with van der Waals surface area (Å²) in [5, 5.41) is 0. The van der Waals surface area contributed by atoms with E-state index in [-0.39, 0.29) is 31.4 Å². The molecule has 9 heteroatoms. The number of alkyl halides is 1. The average molecular weight is 529 g/mol. The average Bonchev–Trinajstić information content (AvgIpc) is 3.53. The normalized spacial score (nSPS) is 17.4. The number of hydrogen-bond acceptors (Lipinski definition) is 4. The quantitative estimate of drug-likeness (QED) is 0.411. The van der Waals surface area contributed by atoms with Crippen LogP contribution in [0.3, 0.4) is 0 Å². The Bertz CT molecular complexity index is 1250. The molecule has 0 aliphatic carbocycles. The number of aromatic nitrogens is 2. The van der Waals surface area contributed by atoms with E-state index in [1.807, 2.05) is 25.3 Å². The topological polar surface area (TPSA) is 73.4 Å². The molecule has 0 spiro atoms. The number of benzene rings is 2. The van der Waals surface area contributed by atoms with Crippen molar-refractivity contribution in [2.24, 2.45) is 11.1 Å². The second-order valence-corrected chi connectivity index (χ2v) is 10.8. The van der Waals surface area contributed by atoms with Gasteiger partial charge in [0.1, 0.15) is 29.7 Å². The van der Waals surface area contributed by atoms with E-state index >= 15 is 0 Å². The molecule has 3 aromatic rings. The maximum atomic E-state index is 14.8. The minimum absolute atomic E-state index is 0.223. The molecule has 6 nitrogen and oxygen atoms in total. The predicted octanol–water partition coefficient (Wildman–Crippen LogP) is 5.27. The van der Waals surface area contributed by atoms with E-state index in [2.05, 4.69) is 0 Å². The molecule has 3 atom stereocenters. The van der Waals surface area contributed by atoms with Gasteiger partial charge in [-0.25, -0.2) is 18.2 Å². The Labute approximate surface area is 221 Å². The lowest BCUT2D eigenvalue weighted by Gasteiger charge is -2.41. The standard InChI is InChI=1S/C29H35F3N4O2/c1-29(2,3)26(36(17-23(32)15-33)28(37)25-11-6-12-38-25)27-34-24(20-8-5-10-22(31)14-20)18-35(27)16-19-7-4-9-21(30)13-19/h4-5,7-10,13-14,18,23,25-26H,6,11-12,15-17,33H2,1-3H3/t23-,25-,26-/m0/s1. The number of carbonyl (C=O) groups excluding carboxylic acids is 1. The van der Waals surface area contributed by atoms with Crippen LogP contribution in [0, 0.1) is 17.0 Å². The number of halogens is 3. The fourth-order valence-corrected chi connectivity index (χ4v) is 4.96. The van der Waals surface area contributed by atoms with E-state index in [1.54, 1.807) is 30.5 Å². The number of ether oxygens (including phenoxy) is 1. The van der Waals surface area contributed by atoms with Crippen molar-refractivity contribution in [2.75, 3.05) is 19.7 Å². The van der Waals surface area contributed by atoms with Crippen molar-refractivity contribution in [1.82, 2.24) is 14.5 Å². The van der Waals surface area contributed by atoms with E-state index in [0.717, 1.165) is 6.42 Å². The Kier molecular flexibility index (Phi) is 8.57. The molecule has 1 saturated heterocycles. The molecule has 0 bridgehead atoms. The molecular formula is C29H35F3N4O2. The van der Waals surface area contributed by atoms with Crippen molar-refractivity contribution in [2.45, 2.75) is 58.5 Å². The Balaban J connectivity index is 1.86. The van der Waals surface area contributed by atoms with Gasteiger partial charge in [-0.15, -0.1) is 0 Å². The molecule has 38 heavy (non-hydrogen) atoms. The highest BCUT2D eigenvalue weighted by molar-refractivity contribution is 5.81. The first-order chi connectivity index (χ1) is 18.1. The number of nitrogens with two attached hydrogens (primary N) is 1. The summed E-state index contributed by atoms with van der Waals surface area (Å²) in [5.74, 6) is -0.613. The highest BCUT2D eigenvalue weighted by Crippen LogP contribution is 2.40. The zero-order valence-electron chi connectivity index (χ0n) is 22.0. The van der Waals surface area contributed by atoms with Gasteiger partial charge in [0.25, 0.3) is 5.91 Å². The summed E-state index contributed by atoms with van der Waals surface area (Å²) in [5.41, 5.74) is 6.77. The van der Waals surface area contributed by atoms with Crippen LogP contribution in [-0.4, -0.2) is 52.3 Å². The van der Waals surface area contributed by atoms with E-state index in [4.69, 9.17) is 15.5 Å². The van der Waals surface area contributed by atoms with E-state index in [0.29, 0.717) is 35.7 Å². The lowest BCUT2D eigenvalue weighted by molar-refractivity contribution is -0.147. The number of rotatable bonds is 9. The summed E-state index contributed by atoms with van der Waals surface area (Å²) in [6.45, 7) is 6.11. The second kappa shape index (κ2) is 11.7. The fraction of sp³-hybridized carbons (Fsp3) is 0.448. The van der Waals surface area contributed by atoms with Crippen molar-refractivity contribution in [1.29, 1.82) is 0 Å². The van der Waals surface area contributed by atoms with Gasteiger partial charge in [-0.1, -0.05) is 45.0 Å². The first-order valence-corrected chi connectivity index (χ1v) is 12.9. The smallest absolute Gasteiger partial charge is 0.252 e. The Hall–Kier alpha value is -3.17. The van der Waals surface area contributed by atoms with Gasteiger partial charge in [0.15, 0.2) is 0 Å². The van der Waals surface area contributed by atoms with Crippen LogP contribution in [0.15, 0.2) is 54.7 Å². The fourth-order valence-electron chi connectivity index (χ4n) is 4.96. The van der Waals surface area contributed by atoms with Crippen LogP contribution in [0.5, 0.6) is 0 Å². The van der Waals surface area contributed by atoms with Crippen molar-refractivity contribution >= 4 is 5.91 Å². The van der Waals surface area contributed by atoms with E-state index in [1.165, 1.54) is 29.2 Å². The highest BCUT2D eigenvalue weighted by Gasteiger charge is 2.42. The van der Waals surface area contributed by atoms with Gasteiger partial charge in [-0.05, 0) is 48.1 Å². The minimum atomic E-state index is -1.44. The molecule has 1 aromatic heterocycles. The third kappa shape index (κ3) is 6.45. The van der Waals surface area contributed by atoms with Crippen molar-refractivity contribution in [3.63, 3.8) is 0 Å². The van der Waals surface area contributed by atoms with Crippen molar-refractivity contribution in [3.8, 4) is 11.3 Å². The van der Waals surface area contributed by atoms with Gasteiger partial charge >= 0.3 is 0 Å².